The lowest BCUT2D eigenvalue weighted by molar-refractivity contribution is -0.121. The highest BCUT2D eigenvalue weighted by molar-refractivity contribution is 7.99. The number of fused-ring (bicyclic) bond motifs is 1. The summed E-state index contributed by atoms with van der Waals surface area (Å²) < 4.78 is 6.34. The first-order valence-electron chi connectivity index (χ1n) is 9.80. The molecule has 2 atom stereocenters. The molecule has 0 saturated carbocycles. The van der Waals surface area contributed by atoms with Gasteiger partial charge in [-0.25, -0.2) is 0 Å². The summed E-state index contributed by atoms with van der Waals surface area (Å²) in [5.74, 6) is 1.84. The van der Waals surface area contributed by atoms with E-state index in [9.17, 15) is 4.79 Å². The molecule has 3 nitrogen and oxygen atoms in total. The molecule has 0 fully saturated rings. The van der Waals surface area contributed by atoms with Crippen molar-refractivity contribution in [3.05, 3.63) is 65.7 Å². The third-order valence-corrected chi connectivity index (χ3v) is 6.73. The maximum atomic E-state index is 12.9. The summed E-state index contributed by atoms with van der Waals surface area (Å²) in [5, 5.41) is 3.20. The van der Waals surface area contributed by atoms with Crippen LogP contribution in [0.2, 0.25) is 0 Å². The van der Waals surface area contributed by atoms with Crippen molar-refractivity contribution in [1.29, 1.82) is 0 Å². The number of hydrogen-bond acceptors (Lipinski definition) is 3. The Kier molecular flexibility index (Phi) is 6.48. The number of thioether (sulfide) groups is 1. The third-order valence-electron chi connectivity index (χ3n) is 5.51. The van der Waals surface area contributed by atoms with E-state index in [1.54, 1.807) is 11.8 Å². The van der Waals surface area contributed by atoms with Gasteiger partial charge >= 0.3 is 0 Å². The van der Waals surface area contributed by atoms with E-state index in [4.69, 9.17) is 4.74 Å². The molecule has 2 unspecified atom stereocenters. The molecule has 2 aromatic carbocycles. The largest absolute Gasteiger partial charge is 0.487 e. The molecule has 0 aromatic heterocycles. The van der Waals surface area contributed by atoms with Crippen molar-refractivity contribution in [2.24, 2.45) is 0 Å². The highest BCUT2D eigenvalue weighted by Crippen LogP contribution is 2.42. The molecule has 2 aromatic rings. The van der Waals surface area contributed by atoms with Gasteiger partial charge in [-0.1, -0.05) is 62.4 Å². The number of rotatable bonds is 7. The van der Waals surface area contributed by atoms with E-state index in [2.05, 4.69) is 37.4 Å². The van der Waals surface area contributed by atoms with Crippen molar-refractivity contribution < 1.29 is 9.53 Å². The summed E-state index contributed by atoms with van der Waals surface area (Å²) in [6.07, 6.45) is 2.68. The van der Waals surface area contributed by atoms with Crippen molar-refractivity contribution in [2.45, 2.75) is 62.7 Å². The van der Waals surface area contributed by atoms with Gasteiger partial charge in [0.15, 0.2) is 0 Å². The predicted molar refractivity (Wildman–Crippen MR) is 113 cm³/mol. The Labute approximate surface area is 166 Å². The van der Waals surface area contributed by atoms with Crippen molar-refractivity contribution in [1.82, 2.24) is 5.32 Å². The normalized spacial score (nSPS) is 18.9. The van der Waals surface area contributed by atoms with E-state index >= 15 is 0 Å². The lowest BCUT2D eigenvalue weighted by Crippen LogP contribution is -2.45. The molecule has 0 bridgehead atoms. The van der Waals surface area contributed by atoms with Crippen LogP contribution in [-0.4, -0.2) is 16.8 Å². The zero-order chi connectivity index (χ0) is 19.3. The Bertz CT molecular complexity index is 758. The fourth-order valence-electron chi connectivity index (χ4n) is 3.59. The summed E-state index contributed by atoms with van der Waals surface area (Å²) in [4.78, 5) is 12.9. The van der Waals surface area contributed by atoms with Gasteiger partial charge in [-0.3, -0.25) is 4.79 Å². The van der Waals surface area contributed by atoms with Gasteiger partial charge in [-0.15, -0.1) is 11.8 Å². The van der Waals surface area contributed by atoms with Crippen molar-refractivity contribution in [2.75, 3.05) is 0 Å². The first kappa shape index (κ1) is 19.8. The van der Waals surface area contributed by atoms with Crippen LogP contribution in [0.3, 0.4) is 0 Å². The molecule has 144 valence electrons. The lowest BCUT2D eigenvalue weighted by atomic mass is 9.83. The number of amides is 1. The monoisotopic (exact) mass is 383 g/mol. The van der Waals surface area contributed by atoms with Gasteiger partial charge in [0.2, 0.25) is 5.91 Å². The molecule has 27 heavy (non-hydrogen) atoms. The molecule has 1 aliphatic heterocycles. The summed E-state index contributed by atoms with van der Waals surface area (Å²) in [6.45, 7) is 6.31. The second kappa shape index (κ2) is 8.83. The number of carbonyl (C=O) groups is 1. The van der Waals surface area contributed by atoms with Crippen LogP contribution in [-0.2, 0) is 10.5 Å². The number of nitrogens with one attached hydrogen (secondary N) is 1. The fourth-order valence-corrected chi connectivity index (χ4v) is 4.44. The van der Waals surface area contributed by atoms with Gasteiger partial charge in [0.05, 0.1) is 11.3 Å². The number of carbonyl (C=O) groups excluding carboxylic acids is 1. The Balaban J connectivity index is 1.68. The molecule has 0 aliphatic carbocycles. The molecule has 1 heterocycles. The Hall–Kier alpha value is -1.94. The Morgan fingerprint density at radius 1 is 1.15 bits per heavy atom. The summed E-state index contributed by atoms with van der Waals surface area (Å²) in [5.41, 5.74) is 2.13. The third kappa shape index (κ3) is 4.67. The van der Waals surface area contributed by atoms with Gasteiger partial charge in [0, 0.05) is 17.7 Å². The van der Waals surface area contributed by atoms with Gasteiger partial charge in [0.25, 0.3) is 0 Å². The molecular weight excluding hydrogens is 354 g/mol. The van der Waals surface area contributed by atoms with E-state index in [0.29, 0.717) is 0 Å². The van der Waals surface area contributed by atoms with E-state index in [1.807, 2.05) is 43.3 Å². The van der Waals surface area contributed by atoms with Crippen LogP contribution in [0.1, 0.15) is 57.2 Å². The highest BCUT2D eigenvalue weighted by atomic mass is 32.2. The molecule has 1 N–H and O–H groups in total. The molecule has 0 saturated heterocycles. The van der Waals surface area contributed by atoms with Crippen molar-refractivity contribution in [3.8, 4) is 5.75 Å². The smallest absolute Gasteiger partial charge is 0.233 e. The molecule has 3 rings (SSSR count). The van der Waals surface area contributed by atoms with Crippen LogP contribution in [0.15, 0.2) is 54.6 Å². The first-order valence-corrected chi connectivity index (χ1v) is 10.9. The second-order valence-corrected chi connectivity index (χ2v) is 8.56. The number of ether oxygens (including phenoxy) is 1. The molecule has 4 heteroatoms. The SMILES string of the molecule is CCC1(CC)CC(NC(=O)C(C)SCc2ccccc2)c2ccccc2O1. The summed E-state index contributed by atoms with van der Waals surface area (Å²) >= 11 is 1.68. The van der Waals surface area contributed by atoms with Gasteiger partial charge < -0.3 is 10.1 Å². The van der Waals surface area contributed by atoms with E-state index in [-0.39, 0.29) is 22.8 Å². The standard InChI is InChI=1S/C23H29NO2S/c1-4-23(5-2)15-20(19-13-9-10-14-21(19)26-23)24-22(25)17(3)27-16-18-11-7-6-8-12-18/h6-14,17,20H,4-5,15-16H2,1-3H3,(H,24,25). The minimum absolute atomic E-state index is 0.00197. The molecule has 1 amide bonds. The minimum Gasteiger partial charge on any atom is -0.487 e. The second-order valence-electron chi connectivity index (χ2n) is 7.23. The van der Waals surface area contributed by atoms with E-state index in [1.165, 1.54) is 5.56 Å². The van der Waals surface area contributed by atoms with Gasteiger partial charge in [-0.05, 0) is 31.4 Å². The van der Waals surface area contributed by atoms with E-state index in [0.717, 1.165) is 36.3 Å². The quantitative estimate of drug-likeness (QED) is 0.685. The fraction of sp³-hybridized carbons (Fsp3) is 0.435. The molecule has 0 radical (unpaired) electrons. The number of para-hydroxylation sites is 1. The Morgan fingerprint density at radius 3 is 2.52 bits per heavy atom. The minimum atomic E-state index is -0.202. The lowest BCUT2D eigenvalue weighted by Gasteiger charge is -2.42. The van der Waals surface area contributed by atoms with Crippen LogP contribution in [0.25, 0.3) is 0 Å². The van der Waals surface area contributed by atoms with Gasteiger partial charge in [0.1, 0.15) is 11.4 Å². The summed E-state index contributed by atoms with van der Waals surface area (Å²) in [7, 11) is 0. The van der Waals surface area contributed by atoms with Crippen molar-refractivity contribution >= 4 is 17.7 Å². The average molecular weight is 384 g/mol. The zero-order valence-corrected chi connectivity index (χ0v) is 17.2. The topological polar surface area (TPSA) is 38.3 Å². The first-order chi connectivity index (χ1) is 13.1. The molecule has 0 spiro atoms. The van der Waals surface area contributed by atoms with Crippen molar-refractivity contribution in [3.63, 3.8) is 0 Å². The zero-order valence-electron chi connectivity index (χ0n) is 16.4. The predicted octanol–water partition coefficient (Wildman–Crippen LogP) is 5.51. The van der Waals surface area contributed by atoms with Crippen LogP contribution in [0, 0.1) is 0 Å². The maximum absolute atomic E-state index is 12.9. The summed E-state index contributed by atoms with van der Waals surface area (Å²) in [6, 6.07) is 18.4. The van der Waals surface area contributed by atoms with Gasteiger partial charge in [-0.2, -0.15) is 0 Å². The average Bonchev–Trinajstić information content (AvgIpc) is 2.72. The van der Waals surface area contributed by atoms with Crippen LogP contribution in [0.5, 0.6) is 5.75 Å². The van der Waals surface area contributed by atoms with Crippen LogP contribution >= 0.6 is 11.8 Å². The molecule has 1 aliphatic rings. The Morgan fingerprint density at radius 2 is 1.81 bits per heavy atom. The highest BCUT2D eigenvalue weighted by Gasteiger charge is 2.39. The van der Waals surface area contributed by atoms with Crippen LogP contribution < -0.4 is 10.1 Å². The molecular formula is C23H29NO2S. The van der Waals surface area contributed by atoms with Crippen LogP contribution in [0.4, 0.5) is 0 Å². The van der Waals surface area contributed by atoms with E-state index < -0.39 is 0 Å². The number of hydrogen-bond donors (Lipinski definition) is 1. The number of benzene rings is 2. The maximum Gasteiger partial charge on any atom is 0.233 e.